The van der Waals surface area contributed by atoms with Crippen LogP contribution in [0.3, 0.4) is 0 Å². The number of rotatable bonds is 4. The maximum atomic E-state index is 9.67. The molecule has 1 aliphatic carbocycles. The number of aromatic nitrogens is 1. The van der Waals surface area contributed by atoms with Gasteiger partial charge in [0, 0.05) is 30.5 Å². The van der Waals surface area contributed by atoms with Crippen molar-refractivity contribution in [2.75, 3.05) is 0 Å². The fourth-order valence-electron chi connectivity index (χ4n) is 3.14. The van der Waals surface area contributed by atoms with Crippen molar-refractivity contribution in [1.82, 2.24) is 9.88 Å². The molecule has 0 saturated heterocycles. The van der Waals surface area contributed by atoms with Crippen LogP contribution in [0.2, 0.25) is 0 Å². The molecule has 0 radical (unpaired) electrons. The van der Waals surface area contributed by atoms with E-state index in [-0.39, 0.29) is 6.10 Å². The van der Waals surface area contributed by atoms with Crippen molar-refractivity contribution in [2.45, 2.75) is 71.7 Å². The van der Waals surface area contributed by atoms with Crippen molar-refractivity contribution in [2.24, 2.45) is 0 Å². The second-order valence-electron chi connectivity index (χ2n) is 5.54. The van der Waals surface area contributed by atoms with Gasteiger partial charge < -0.3 is 15.0 Å². The third-order valence-corrected chi connectivity index (χ3v) is 4.22. The number of hydrogen-bond donors (Lipinski definition) is 2. The fourth-order valence-corrected chi connectivity index (χ4v) is 3.14. The van der Waals surface area contributed by atoms with Crippen LogP contribution in [0.15, 0.2) is 6.07 Å². The molecule has 0 spiro atoms. The van der Waals surface area contributed by atoms with Crippen molar-refractivity contribution in [1.29, 1.82) is 0 Å². The van der Waals surface area contributed by atoms with Gasteiger partial charge in [0.15, 0.2) is 0 Å². The Morgan fingerprint density at radius 3 is 2.78 bits per heavy atom. The zero-order valence-corrected chi connectivity index (χ0v) is 11.9. The van der Waals surface area contributed by atoms with E-state index in [2.05, 4.69) is 36.7 Å². The summed E-state index contributed by atoms with van der Waals surface area (Å²) in [5.74, 6) is 0. The van der Waals surface area contributed by atoms with Gasteiger partial charge >= 0.3 is 0 Å². The molecule has 2 unspecified atom stereocenters. The molecule has 18 heavy (non-hydrogen) atoms. The number of hydrogen-bond acceptors (Lipinski definition) is 2. The number of aryl methyl sites for hydroxylation is 1. The zero-order chi connectivity index (χ0) is 13.1. The summed E-state index contributed by atoms with van der Waals surface area (Å²) in [6.45, 7) is 8.53. The average Bonchev–Trinajstić information content (AvgIpc) is 2.61. The van der Waals surface area contributed by atoms with Crippen LogP contribution in [-0.4, -0.2) is 21.8 Å². The Hall–Kier alpha value is -0.800. The van der Waals surface area contributed by atoms with Gasteiger partial charge in [0.05, 0.1) is 6.10 Å². The molecule has 1 aromatic rings. The van der Waals surface area contributed by atoms with E-state index in [1.807, 2.05) is 0 Å². The SMILES string of the molecule is CCn1c(C)cc(CNC2CCCC(O)C2)c1C. The van der Waals surface area contributed by atoms with Gasteiger partial charge in [0.2, 0.25) is 0 Å². The van der Waals surface area contributed by atoms with Gasteiger partial charge in [0.25, 0.3) is 0 Å². The third-order valence-electron chi connectivity index (χ3n) is 4.22. The molecule has 2 atom stereocenters. The highest BCUT2D eigenvalue weighted by molar-refractivity contribution is 5.26. The first-order chi connectivity index (χ1) is 8.61. The van der Waals surface area contributed by atoms with Gasteiger partial charge in [-0.05, 0) is 58.1 Å². The summed E-state index contributed by atoms with van der Waals surface area (Å²) in [6.07, 6.45) is 4.13. The standard InChI is InChI=1S/C15H26N2O/c1-4-17-11(2)8-13(12(17)3)10-16-14-6-5-7-15(18)9-14/h8,14-16,18H,4-7,9-10H2,1-3H3. The van der Waals surface area contributed by atoms with E-state index in [4.69, 9.17) is 0 Å². The topological polar surface area (TPSA) is 37.2 Å². The van der Waals surface area contributed by atoms with Crippen molar-refractivity contribution < 1.29 is 5.11 Å². The van der Waals surface area contributed by atoms with Crippen molar-refractivity contribution in [3.63, 3.8) is 0 Å². The van der Waals surface area contributed by atoms with E-state index in [1.54, 1.807) is 0 Å². The van der Waals surface area contributed by atoms with Crippen molar-refractivity contribution in [3.8, 4) is 0 Å². The van der Waals surface area contributed by atoms with Crippen LogP contribution in [0, 0.1) is 13.8 Å². The molecule has 0 aliphatic heterocycles. The zero-order valence-electron chi connectivity index (χ0n) is 11.9. The number of nitrogens with one attached hydrogen (secondary N) is 1. The van der Waals surface area contributed by atoms with Gasteiger partial charge in [0.1, 0.15) is 0 Å². The second kappa shape index (κ2) is 5.89. The van der Waals surface area contributed by atoms with Crippen molar-refractivity contribution in [3.05, 3.63) is 23.0 Å². The molecule has 2 rings (SSSR count). The van der Waals surface area contributed by atoms with E-state index in [0.717, 1.165) is 32.4 Å². The van der Waals surface area contributed by atoms with Gasteiger partial charge in [-0.1, -0.05) is 0 Å². The molecule has 3 heteroatoms. The summed E-state index contributed by atoms with van der Waals surface area (Å²) in [7, 11) is 0. The van der Waals surface area contributed by atoms with Crippen molar-refractivity contribution >= 4 is 0 Å². The number of aliphatic hydroxyl groups is 1. The summed E-state index contributed by atoms with van der Waals surface area (Å²) >= 11 is 0. The van der Waals surface area contributed by atoms with E-state index < -0.39 is 0 Å². The molecule has 1 aliphatic rings. The Morgan fingerprint density at radius 2 is 2.17 bits per heavy atom. The highest BCUT2D eigenvalue weighted by Gasteiger charge is 2.20. The van der Waals surface area contributed by atoms with E-state index in [1.165, 1.54) is 23.4 Å². The first-order valence-electron chi connectivity index (χ1n) is 7.18. The Labute approximate surface area is 110 Å². The predicted octanol–water partition coefficient (Wildman–Crippen LogP) is 2.52. The summed E-state index contributed by atoms with van der Waals surface area (Å²) in [6, 6.07) is 2.77. The van der Waals surface area contributed by atoms with Crippen LogP contribution in [0.1, 0.15) is 49.6 Å². The van der Waals surface area contributed by atoms with Crippen LogP contribution < -0.4 is 5.32 Å². The van der Waals surface area contributed by atoms with E-state index in [0.29, 0.717) is 6.04 Å². The second-order valence-corrected chi connectivity index (χ2v) is 5.54. The monoisotopic (exact) mass is 250 g/mol. The summed E-state index contributed by atoms with van der Waals surface area (Å²) in [5, 5.41) is 13.3. The molecule has 1 fully saturated rings. The third kappa shape index (κ3) is 2.96. The molecule has 0 amide bonds. The molecule has 1 aromatic heterocycles. The minimum Gasteiger partial charge on any atom is -0.393 e. The lowest BCUT2D eigenvalue weighted by Crippen LogP contribution is -2.35. The van der Waals surface area contributed by atoms with Gasteiger partial charge in [-0.2, -0.15) is 0 Å². The Morgan fingerprint density at radius 1 is 1.39 bits per heavy atom. The minimum absolute atomic E-state index is 0.0978. The summed E-state index contributed by atoms with van der Waals surface area (Å²) < 4.78 is 2.35. The summed E-state index contributed by atoms with van der Waals surface area (Å²) in [5.41, 5.74) is 4.11. The van der Waals surface area contributed by atoms with E-state index in [9.17, 15) is 5.11 Å². The van der Waals surface area contributed by atoms with Crippen LogP contribution in [0.4, 0.5) is 0 Å². The molecular weight excluding hydrogens is 224 g/mol. The molecule has 2 N–H and O–H groups in total. The Bertz CT molecular complexity index is 397. The lowest BCUT2D eigenvalue weighted by molar-refractivity contribution is 0.111. The van der Waals surface area contributed by atoms with Gasteiger partial charge in [-0.3, -0.25) is 0 Å². The smallest absolute Gasteiger partial charge is 0.0555 e. The largest absolute Gasteiger partial charge is 0.393 e. The van der Waals surface area contributed by atoms with Gasteiger partial charge in [-0.15, -0.1) is 0 Å². The lowest BCUT2D eigenvalue weighted by Gasteiger charge is -2.26. The maximum absolute atomic E-state index is 9.67. The minimum atomic E-state index is -0.0978. The highest BCUT2D eigenvalue weighted by atomic mass is 16.3. The van der Waals surface area contributed by atoms with Crippen LogP contribution in [0.5, 0.6) is 0 Å². The molecule has 1 saturated carbocycles. The maximum Gasteiger partial charge on any atom is 0.0555 e. The molecule has 3 nitrogen and oxygen atoms in total. The van der Waals surface area contributed by atoms with Crippen LogP contribution in [0.25, 0.3) is 0 Å². The molecule has 0 aromatic carbocycles. The summed E-state index contributed by atoms with van der Waals surface area (Å²) in [4.78, 5) is 0. The van der Waals surface area contributed by atoms with Gasteiger partial charge in [-0.25, -0.2) is 0 Å². The van der Waals surface area contributed by atoms with Crippen LogP contribution >= 0.6 is 0 Å². The normalized spacial score (nSPS) is 24.4. The fraction of sp³-hybridized carbons (Fsp3) is 0.733. The molecule has 102 valence electrons. The van der Waals surface area contributed by atoms with E-state index >= 15 is 0 Å². The Balaban J connectivity index is 1.93. The molecule has 1 heterocycles. The number of aliphatic hydroxyl groups excluding tert-OH is 1. The predicted molar refractivity (Wildman–Crippen MR) is 74.7 cm³/mol. The Kier molecular flexibility index (Phi) is 4.46. The number of nitrogens with zero attached hydrogens (tertiary/aromatic N) is 1. The quantitative estimate of drug-likeness (QED) is 0.861. The lowest BCUT2D eigenvalue weighted by atomic mass is 9.93. The molecule has 0 bridgehead atoms. The first-order valence-corrected chi connectivity index (χ1v) is 7.18. The first kappa shape index (κ1) is 13.6. The highest BCUT2D eigenvalue weighted by Crippen LogP contribution is 2.20. The average molecular weight is 250 g/mol. The van der Waals surface area contributed by atoms with Crippen LogP contribution in [-0.2, 0) is 13.1 Å². The molecular formula is C15H26N2O.